The summed E-state index contributed by atoms with van der Waals surface area (Å²) in [6.07, 6.45) is 0.400. The Morgan fingerprint density at radius 1 is 1.14 bits per heavy atom. The van der Waals surface area contributed by atoms with E-state index in [1.54, 1.807) is 24.3 Å². The summed E-state index contributed by atoms with van der Waals surface area (Å²) < 4.78 is 21.3. The highest BCUT2D eigenvalue weighted by atomic mass is 35.7. The average Bonchev–Trinajstić information content (AvgIpc) is 2.14. The summed E-state index contributed by atoms with van der Waals surface area (Å²) in [7, 11) is 1.66. The zero-order valence-corrected chi connectivity index (χ0v) is 9.05. The first-order valence-electron chi connectivity index (χ1n) is 4.12. The lowest BCUT2D eigenvalue weighted by atomic mass is 10.1. The van der Waals surface area contributed by atoms with Crippen LogP contribution in [0.1, 0.15) is 11.1 Å². The highest BCUT2D eigenvalue weighted by Gasteiger charge is 2.05. The average molecular weight is 235 g/mol. The summed E-state index contributed by atoms with van der Waals surface area (Å²) in [6, 6.07) is 7.09. The summed E-state index contributed by atoms with van der Waals surface area (Å²) in [4.78, 5) is 0. The van der Waals surface area contributed by atoms with E-state index in [-0.39, 0.29) is 12.4 Å². The SMILES string of the molecule is O=S(=O)(Cl)CCc1ccc(CO)cc1. The van der Waals surface area contributed by atoms with Crippen molar-refractivity contribution in [3.8, 4) is 0 Å². The van der Waals surface area contributed by atoms with Gasteiger partial charge in [-0.2, -0.15) is 0 Å². The monoisotopic (exact) mass is 234 g/mol. The van der Waals surface area contributed by atoms with Gasteiger partial charge in [0.15, 0.2) is 0 Å². The Kier molecular flexibility index (Phi) is 3.92. The van der Waals surface area contributed by atoms with Gasteiger partial charge in [-0.1, -0.05) is 24.3 Å². The Morgan fingerprint density at radius 2 is 1.64 bits per heavy atom. The third-order valence-corrected chi connectivity index (χ3v) is 2.99. The molecule has 1 aromatic rings. The minimum absolute atomic E-state index is 0.00587. The van der Waals surface area contributed by atoms with E-state index in [2.05, 4.69) is 0 Å². The molecule has 0 radical (unpaired) electrons. The molecule has 0 unspecified atom stereocenters. The van der Waals surface area contributed by atoms with Crippen LogP contribution in [-0.4, -0.2) is 19.3 Å². The molecule has 0 aromatic heterocycles. The van der Waals surface area contributed by atoms with Gasteiger partial charge in [0.2, 0.25) is 9.05 Å². The zero-order valence-electron chi connectivity index (χ0n) is 7.48. The van der Waals surface area contributed by atoms with Gasteiger partial charge in [-0.05, 0) is 17.5 Å². The van der Waals surface area contributed by atoms with E-state index in [9.17, 15) is 8.42 Å². The predicted octanol–water partition coefficient (Wildman–Crippen LogP) is 1.29. The van der Waals surface area contributed by atoms with Gasteiger partial charge in [-0.15, -0.1) is 0 Å². The van der Waals surface area contributed by atoms with E-state index in [1.165, 1.54) is 0 Å². The molecule has 0 saturated carbocycles. The number of aryl methyl sites for hydroxylation is 1. The minimum atomic E-state index is -3.42. The van der Waals surface area contributed by atoms with E-state index in [0.717, 1.165) is 11.1 Å². The predicted molar refractivity (Wildman–Crippen MR) is 55.7 cm³/mol. The van der Waals surface area contributed by atoms with Gasteiger partial charge in [0, 0.05) is 10.7 Å². The molecule has 0 atom stereocenters. The fourth-order valence-corrected chi connectivity index (χ4v) is 1.76. The molecule has 0 saturated heterocycles. The number of aliphatic hydroxyl groups is 1. The van der Waals surface area contributed by atoms with Crippen LogP contribution in [0.3, 0.4) is 0 Å². The van der Waals surface area contributed by atoms with E-state index in [4.69, 9.17) is 15.8 Å². The molecule has 1 aromatic carbocycles. The molecule has 0 amide bonds. The maximum atomic E-state index is 10.7. The molecule has 0 bridgehead atoms. The van der Waals surface area contributed by atoms with Gasteiger partial charge in [0.25, 0.3) is 0 Å². The molecule has 5 heteroatoms. The van der Waals surface area contributed by atoms with Crippen LogP contribution in [-0.2, 0) is 22.1 Å². The van der Waals surface area contributed by atoms with Crippen molar-refractivity contribution in [1.29, 1.82) is 0 Å². The highest BCUT2D eigenvalue weighted by Crippen LogP contribution is 2.07. The molecule has 0 aliphatic heterocycles. The topological polar surface area (TPSA) is 54.4 Å². The number of benzene rings is 1. The standard InChI is InChI=1S/C9H11ClO3S/c10-14(12,13)6-5-8-1-3-9(7-11)4-2-8/h1-4,11H,5-7H2. The summed E-state index contributed by atoms with van der Waals surface area (Å²) in [6.45, 7) is -0.00587. The van der Waals surface area contributed by atoms with E-state index in [1.807, 2.05) is 0 Å². The second kappa shape index (κ2) is 4.77. The van der Waals surface area contributed by atoms with Crippen LogP contribution in [0.25, 0.3) is 0 Å². The van der Waals surface area contributed by atoms with E-state index >= 15 is 0 Å². The first-order valence-corrected chi connectivity index (χ1v) is 6.60. The molecule has 1 N–H and O–H groups in total. The molecule has 1 rings (SSSR count). The minimum Gasteiger partial charge on any atom is -0.392 e. The first-order chi connectivity index (χ1) is 6.51. The molecule has 0 aliphatic carbocycles. The lowest BCUT2D eigenvalue weighted by Gasteiger charge is -2.00. The van der Waals surface area contributed by atoms with Crippen molar-refractivity contribution in [3.05, 3.63) is 35.4 Å². The highest BCUT2D eigenvalue weighted by molar-refractivity contribution is 8.13. The van der Waals surface area contributed by atoms with E-state index in [0.29, 0.717) is 6.42 Å². The molecule has 0 heterocycles. The third kappa shape index (κ3) is 4.09. The van der Waals surface area contributed by atoms with Gasteiger partial charge in [0.1, 0.15) is 0 Å². The molecule has 3 nitrogen and oxygen atoms in total. The van der Waals surface area contributed by atoms with Crippen molar-refractivity contribution in [2.24, 2.45) is 0 Å². The lowest BCUT2D eigenvalue weighted by molar-refractivity contribution is 0.282. The second-order valence-electron chi connectivity index (χ2n) is 2.97. The maximum Gasteiger partial charge on any atom is 0.232 e. The summed E-state index contributed by atoms with van der Waals surface area (Å²) >= 11 is 0. The fourth-order valence-electron chi connectivity index (χ4n) is 1.05. The number of hydrogen-bond acceptors (Lipinski definition) is 3. The molecule has 14 heavy (non-hydrogen) atoms. The molecule has 0 fully saturated rings. The fraction of sp³-hybridized carbons (Fsp3) is 0.333. The summed E-state index contributed by atoms with van der Waals surface area (Å²) in [5, 5.41) is 8.77. The first kappa shape index (κ1) is 11.5. The van der Waals surface area contributed by atoms with Crippen LogP contribution < -0.4 is 0 Å². The molecular weight excluding hydrogens is 224 g/mol. The Labute approximate surface area is 87.8 Å². The Bertz CT molecular complexity index is 383. The van der Waals surface area contributed by atoms with Crippen LogP contribution in [0.15, 0.2) is 24.3 Å². The Hall–Kier alpha value is -0.580. The molecular formula is C9H11ClO3S. The van der Waals surface area contributed by atoms with Gasteiger partial charge in [-0.3, -0.25) is 0 Å². The van der Waals surface area contributed by atoms with Crippen LogP contribution in [0.4, 0.5) is 0 Å². The third-order valence-electron chi connectivity index (χ3n) is 1.84. The van der Waals surface area contributed by atoms with Gasteiger partial charge < -0.3 is 5.11 Å². The van der Waals surface area contributed by atoms with Crippen molar-refractivity contribution in [3.63, 3.8) is 0 Å². The second-order valence-corrected chi connectivity index (χ2v) is 5.86. The van der Waals surface area contributed by atoms with Gasteiger partial charge in [0.05, 0.1) is 12.4 Å². The number of rotatable bonds is 4. The molecule has 0 aliphatic rings. The lowest BCUT2D eigenvalue weighted by Crippen LogP contribution is -2.00. The van der Waals surface area contributed by atoms with Crippen molar-refractivity contribution in [2.45, 2.75) is 13.0 Å². The molecule has 0 spiro atoms. The van der Waals surface area contributed by atoms with Crippen LogP contribution in [0, 0.1) is 0 Å². The maximum absolute atomic E-state index is 10.7. The van der Waals surface area contributed by atoms with Crippen LogP contribution >= 0.6 is 10.7 Å². The quantitative estimate of drug-likeness (QED) is 0.799. The van der Waals surface area contributed by atoms with Crippen LogP contribution in [0.5, 0.6) is 0 Å². The zero-order chi connectivity index (χ0) is 10.6. The summed E-state index contributed by atoms with van der Waals surface area (Å²) in [5.74, 6) is -0.0625. The summed E-state index contributed by atoms with van der Waals surface area (Å²) in [5.41, 5.74) is 1.70. The number of hydrogen-bond donors (Lipinski definition) is 1. The van der Waals surface area contributed by atoms with Crippen LogP contribution in [0.2, 0.25) is 0 Å². The Morgan fingerprint density at radius 3 is 2.07 bits per heavy atom. The molecule has 78 valence electrons. The van der Waals surface area contributed by atoms with Crippen molar-refractivity contribution in [2.75, 3.05) is 5.75 Å². The largest absolute Gasteiger partial charge is 0.392 e. The van der Waals surface area contributed by atoms with Gasteiger partial charge >= 0.3 is 0 Å². The van der Waals surface area contributed by atoms with Crippen molar-refractivity contribution in [1.82, 2.24) is 0 Å². The number of halogens is 1. The van der Waals surface area contributed by atoms with Gasteiger partial charge in [-0.25, -0.2) is 8.42 Å². The number of aliphatic hydroxyl groups excluding tert-OH is 1. The smallest absolute Gasteiger partial charge is 0.232 e. The Balaban J connectivity index is 2.61. The van der Waals surface area contributed by atoms with Crippen molar-refractivity contribution >= 4 is 19.7 Å². The normalized spacial score (nSPS) is 11.6. The van der Waals surface area contributed by atoms with E-state index < -0.39 is 9.05 Å². The van der Waals surface area contributed by atoms with Crippen molar-refractivity contribution < 1.29 is 13.5 Å².